The Labute approximate surface area is 101 Å². The van der Waals surface area contributed by atoms with E-state index in [1.165, 1.54) is 25.7 Å². The second kappa shape index (κ2) is 3.56. The number of H-pyrrole nitrogens is 1. The summed E-state index contributed by atoms with van der Waals surface area (Å²) >= 11 is 0. The number of nitrogens with zero attached hydrogens (tertiary/aromatic N) is 2. The Balaban J connectivity index is 1.59. The van der Waals surface area contributed by atoms with Gasteiger partial charge in [0.15, 0.2) is 0 Å². The first-order chi connectivity index (χ1) is 8.38. The molecule has 2 saturated carbocycles. The molecule has 0 aliphatic heterocycles. The third kappa shape index (κ3) is 1.56. The van der Waals surface area contributed by atoms with Crippen molar-refractivity contribution in [3.8, 4) is 0 Å². The molecule has 3 heteroatoms. The Kier molecular flexibility index (Phi) is 2.01. The molecule has 4 rings (SSSR count). The second-order valence-electron chi connectivity index (χ2n) is 5.72. The average molecular weight is 227 g/mol. The normalized spacial score (nSPS) is 31.4. The van der Waals surface area contributed by atoms with E-state index in [0.717, 1.165) is 41.0 Å². The lowest BCUT2D eigenvalue weighted by Gasteiger charge is -2.20. The van der Waals surface area contributed by atoms with Gasteiger partial charge in [0.1, 0.15) is 5.82 Å². The maximum atomic E-state index is 4.66. The number of imidazole rings is 1. The van der Waals surface area contributed by atoms with E-state index in [-0.39, 0.29) is 0 Å². The molecule has 2 aromatic heterocycles. The number of rotatable bonds is 2. The minimum Gasteiger partial charge on any atom is -0.341 e. The van der Waals surface area contributed by atoms with E-state index in [1.54, 1.807) is 0 Å². The summed E-state index contributed by atoms with van der Waals surface area (Å²) in [4.78, 5) is 12.2. The van der Waals surface area contributed by atoms with Gasteiger partial charge in [0, 0.05) is 12.6 Å². The summed E-state index contributed by atoms with van der Waals surface area (Å²) in [5, 5.41) is 0. The SMILES string of the molecule is c1cc2nc(CC3CC4CCC3C4)[nH]c2cn1. The van der Waals surface area contributed by atoms with Gasteiger partial charge in [0.05, 0.1) is 17.2 Å². The topological polar surface area (TPSA) is 41.6 Å². The van der Waals surface area contributed by atoms with Crippen LogP contribution in [-0.4, -0.2) is 15.0 Å². The first-order valence-electron chi connectivity index (χ1n) is 6.67. The maximum Gasteiger partial charge on any atom is 0.107 e. The fourth-order valence-corrected chi connectivity index (χ4v) is 3.88. The van der Waals surface area contributed by atoms with E-state index in [4.69, 9.17) is 0 Å². The fourth-order valence-electron chi connectivity index (χ4n) is 3.88. The van der Waals surface area contributed by atoms with Crippen molar-refractivity contribution in [3.05, 3.63) is 24.3 Å². The largest absolute Gasteiger partial charge is 0.341 e. The predicted octanol–water partition coefficient (Wildman–Crippen LogP) is 2.94. The van der Waals surface area contributed by atoms with E-state index < -0.39 is 0 Å². The van der Waals surface area contributed by atoms with Crippen LogP contribution in [0.3, 0.4) is 0 Å². The lowest BCUT2D eigenvalue weighted by atomic mass is 9.86. The zero-order valence-corrected chi connectivity index (χ0v) is 9.89. The highest BCUT2D eigenvalue weighted by Crippen LogP contribution is 2.49. The summed E-state index contributed by atoms with van der Waals surface area (Å²) in [7, 11) is 0. The van der Waals surface area contributed by atoms with Crippen molar-refractivity contribution in [1.82, 2.24) is 15.0 Å². The van der Waals surface area contributed by atoms with Crippen LogP contribution in [0.25, 0.3) is 11.0 Å². The van der Waals surface area contributed by atoms with Crippen molar-refractivity contribution in [3.63, 3.8) is 0 Å². The van der Waals surface area contributed by atoms with Crippen LogP contribution in [-0.2, 0) is 6.42 Å². The molecule has 2 aromatic rings. The fraction of sp³-hybridized carbons (Fsp3) is 0.571. The van der Waals surface area contributed by atoms with Crippen LogP contribution in [0.5, 0.6) is 0 Å². The summed E-state index contributed by atoms with van der Waals surface area (Å²) in [6.45, 7) is 0. The highest BCUT2D eigenvalue weighted by atomic mass is 14.9. The minimum absolute atomic E-state index is 0.877. The van der Waals surface area contributed by atoms with Gasteiger partial charge < -0.3 is 4.98 Å². The molecule has 0 aromatic carbocycles. The van der Waals surface area contributed by atoms with Crippen LogP contribution < -0.4 is 0 Å². The summed E-state index contributed by atoms with van der Waals surface area (Å²) in [6.07, 6.45) is 10.7. The number of aromatic amines is 1. The van der Waals surface area contributed by atoms with Gasteiger partial charge in [0.2, 0.25) is 0 Å². The van der Waals surface area contributed by atoms with Crippen LogP contribution in [0.2, 0.25) is 0 Å². The third-order valence-corrected chi connectivity index (χ3v) is 4.67. The molecule has 88 valence electrons. The number of hydrogen-bond acceptors (Lipinski definition) is 2. The molecule has 3 nitrogen and oxygen atoms in total. The lowest BCUT2D eigenvalue weighted by Crippen LogP contribution is -2.13. The van der Waals surface area contributed by atoms with Gasteiger partial charge in [-0.25, -0.2) is 4.98 Å². The first-order valence-corrected chi connectivity index (χ1v) is 6.67. The van der Waals surface area contributed by atoms with Crippen molar-refractivity contribution >= 4 is 11.0 Å². The molecule has 17 heavy (non-hydrogen) atoms. The van der Waals surface area contributed by atoms with Crippen LogP contribution in [0.1, 0.15) is 31.5 Å². The molecule has 2 bridgehead atoms. The molecule has 0 spiro atoms. The van der Waals surface area contributed by atoms with Gasteiger partial charge in [0.25, 0.3) is 0 Å². The molecule has 3 atom stereocenters. The van der Waals surface area contributed by atoms with E-state index >= 15 is 0 Å². The van der Waals surface area contributed by atoms with Crippen molar-refractivity contribution < 1.29 is 0 Å². The summed E-state index contributed by atoms with van der Waals surface area (Å²) < 4.78 is 0. The van der Waals surface area contributed by atoms with Gasteiger partial charge in [-0.15, -0.1) is 0 Å². The quantitative estimate of drug-likeness (QED) is 0.857. The molecule has 0 amide bonds. The molecular formula is C14H17N3. The molecule has 3 unspecified atom stereocenters. The molecule has 2 aliphatic carbocycles. The number of aromatic nitrogens is 3. The van der Waals surface area contributed by atoms with E-state index in [9.17, 15) is 0 Å². The zero-order chi connectivity index (χ0) is 11.2. The number of pyridine rings is 1. The third-order valence-electron chi connectivity index (χ3n) is 4.67. The number of hydrogen-bond donors (Lipinski definition) is 1. The summed E-state index contributed by atoms with van der Waals surface area (Å²) in [6, 6.07) is 1.98. The molecule has 1 N–H and O–H groups in total. The Morgan fingerprint density at radius 3 is 3.06 bits per heavy atom. The molecular weight excluding hydrogens is 210 g/mol. The monoisotopic (exact) mass is 227 g/mol. The Hall–Kier alpha value is -1.38. The molecule has 2 aliphatic rings. The van der Waals surface area contributed by atoms with Gasteiger partial charge in [-0.05, 0) is 43.1 Å². The van der Waals surface area contributed by atoms with Crippen molar-refractivity contribution in [2.24, 2.45) is 17.8 Å². The smallest absolute Gasteiger partial charge is 0.107 e. The summed E-state index contributed by atoms with van der Waals surface area (Å²) in [5.74, 6) is 4.04. The molecule has 2 fully saturated rings. The molecule has 0 radical (unpaired) electrons. The highest BCUT2D eigenvalue weighted by Gasteiger charge is 2.39. The number of nitrogens with one attached hydrogen (secondary N) is 1. The molecule has 2 heterocycles. The van der Waals surface area contributed by atoms with E-state index in [0.29, 0.717) is 0 Å². The van der Waals surface area contributed by atoms with Gasteiger partial charge in [-0.1, -0.05) is 6.42 Å². The highest BCUT2D eigenvalue weighted by molar-refractivity contribution is 5.73. The second-order valence-corrected chi connectivity index (χ2v) is 5.72. The van der Waals surface area contributed by atoms with Crippen LogP contribution >= 0.6 is 0 Å². The van der Waals surface area contributed by atoms with Crippen LogP contribution in [0.15, 0.2) is 18.5 Å². The maximum absolute atomic E-state index is 4.66. The standard InChI is InChI=1S/C14H17N3/c1-2-10-5-9(1)6-11(10)7-14-16-12-3-4-15-8-13(12)17-14/h3-4,8-11H,1-2,5-7H2,(H,16,17). The Bertz CT molecular complexity index is 512. The Morgan fingerprint density at radius 2 is 2.29 bits per heavy atom. The van der Waals surface area contributed by atoms with Crippen LogP contribution in [0.4, 0.5) is 0 Å². The molecule has 0 saturated heterocycles. The van der Waals surface area contributed by atoms with Crippen molar-refractivity contribution in [1.29, 1.82) is 0 Å². The predicted molar refractivity (Wildman–Crippen MR) is 66.5 cm³/mol. The van der Waals surface area contributed by atoms with Crippen LogP contribution in [0, 0.1) is 17.8 Å². The van der Waals surface area contributed by atoms with Gasteiger partial charge in [-0.3, -0.25) is 4.98 Å². The number of fused-ring (bicyclic) bond motifs is 3. The van der Waals surface area contributed by atoms with Gasteiger partial charge >= 0.3 is 0 Å². The van der Waals surface area contributed by atoms with E-state index in [2.05, 4.69) is 15.0 Å². The van der Waals surface area contributed by atoms with Crippen molar-refractivity contribution in [2.75, 3.05) is 0 Å². The van der Waals surface area contributed by atoms with E-state index in [1.807, 2.05) is 18.5 Å². The Morgan fingerprint density at radius 1 is 1.29 bits per heavy atom. The summed E-state index contributed by atoms with van der Waals surface area (Å²) in [5.41, 5.74) is 2.13. The van der Waals surface area contributed by atoms with Crippen molar-refractivity contribution in [2.45, 2.75) is 32.1 Å². The average Bonchev–Trinajstić information content (AvgIpc) is 3.01. The lowest BCUT2D eigenvalue weighted by molar-refractivity contribution is 0.327. The van der Waals surface area contributed by atoms with Gasteiger partial charge in [-0.2, -0.15) is 0 Å². The first kappa shape index (κ1) is 9.63. The zero-order valence-electron chi connectivity index (χ0n) is 9.89. The minimum atomic E-state index is 0.877.